The number of nitrogens with one attached hydrogen (secondary N) is 2. The number of hydrogen-bond acceptors (Lipinski definition) is 4. The van der Waals surface area contributed by atoms with Gasteiger partial charge in [-0.1, -0.05) is 32.4 Å². The molecule has 146 valence electrons. The largest absolute Gasteiger partial charge is 0.497 e. The van der Waals surface area contributed by atoms with Crippen molar-refractivity contribution in [2.45, 2.75) is 59.1 Å². The van der Waals surface area contributed by atoms with Crippen molar-refractivity contribution in [2.75, 3.05) is 13.7 Å². The molecule has 0 aliphatic carbocycles. The van der Waals surface area contributed by atoms with Crippen LogP contribution in [0.3, 0.4) is 0 Å². The van der Waals surface area contributed by atoms with Gasteiger partial charge in [-0.3, -0.25) is 4.79 Å². The van der Waals surface area contributed by atoms with Crippen LogP contribution in [0.5, 0.6) is 5.75 Å². The van der Waals surface area contributed by atoms with Crippen LogP contribution >= 0.6 is 0 Å². The number of benzene rings is 1. The van der Waals surface area contributed by atoms with Crippen molar-refractivity contribution in [2.24, 2.45) is 5.92 Å². The fourth-order valence-electron chi connectivity index (χ4n) is 2.40. The lowest BCUT2D eigenvalue weighted by molar-refractivity contribution is -0.124. The lowest BCUT2D eigenvalue weighted by Crippen LogP contribution is -2.51. The number of carbonyl (C=O) groups excluding carboxylic acids is 2. The molecule has 2 N–H and O–H groups in total. The summed E-state index contributed by atoms with van der Waals surface area (Å²) >= 11 is 0. The van der Waals surface area contributed by atoms with E-state index >= 15 is 0 Å². The second-order valence-electron chi connectivity index (χ2n) is 7.40. The van der Waals surface area contributed by atoms with Crippen molar-refractivity contribution in [1.82, 2.24) is 10.6 Å². The molecule has 0 radical (unpaired) electrons. The van der Waals surface area contributed by atoms with Crippen molar-refractivity contribution in [3.05, 3.63) is 29.8 Å². The molecule has 2 unspecified atom stereocenters. The maximum atomic E-state index is 12.6. The van der Waals surface area contributed by atoms with Gasteiger partial charge in [-0.05, 0) is 50.8 Å². The molecule has 1 rings (SSSR count). The smallest absolute Gasteiger partial charge is 0.408 e. The SMILES string of the molecule is CCC(C)C(NC(=O)OC(C)(C)C)C(=O)NCCc1cccc(OC)c1. The molecule has 0 saturated heterocycles. The number of hydrogen-bond donors (Lipinski definition) is 2. The maximum Gasteiger partial charge on any atom is 0.408 e. The summed E-state index contributed by atoms with van der Waals surface area (Å²) in [6.45, 7) is 9.77. The zero-order valence-electron chi connectivity index (χ0n) is 16.7. The van der Waals surface area contributed by atoms with E-state index in [-0.39, 0.29) is 11.8 Å². The predicted octanol–water partition coefficient (Wildman–Crippen LogP) is 3.29. The number of rotatable bonds is 8. The van der Waals surface area contributed by atoms with Gasteiger partial charge in [0.15, 0.2) is 0 Å². The lowest BCUT2D eigenvalue weighted by atomic mass is 9.98. The standard InChI is InChI=1S/C20H32N2O4/c1-7-14(2)17(22-19(24)26-20(3,4)5)18(23)21-12-11-15-9-8-10-16(13-15)25-6/h8-10,13-14,17H,7,11-12H2,1-6H3,(H,21,23)(H,22,24). The molecule has 1 aromatic carbocycles. The van der Waals surface area contributed by atoms with Gasteiger partial charge >= 0.3 is 6.09 Å². The summed E-state index contributed by atoms with van der Waals surface area (Å²) in [5.74, 6) is 0.588. The molecule has 0 aliphatic rings. The topological polar surface area (TPSA) is 76.7 Å². The Hall–Kier alpha value is -2.24. The summed E-state index contributed by atoms with van der Waals surface area (Å²) in [5, 5.41) is 5.60. The first-order chi connectivity index (χ1) is 12.2. The Morgan fingerprint density at radius 2 is 1.92 bits per heavy atom. The first kappa shape index (κ1) is 21.8. The van der Waals surface area contributed by atoms with Crippen LogP contribution in [0, 0.1) is 5.92 Å². The zero-order valence-corrected chi connectivity index (χ0v) is 16.7. The van der Waals surface area contributed by atoms with Gasteiger partial charge in [-0.25, -0.2) is 4.79 Å². The van der Waals surface area contributed by atoms with E-state index in [1.807, 2.05) is 38.1 Å². The van der Waals surface area contributed by atoms with Crippen LogP contribution in [-0.4, -0.2) is 37.3 Å². The van der Waals surface area contributed by atoms with Gasteiger partial charge in [-0.15, -0.1) is 0 Å². The highest BCUT2D eigenvalue weighted by Gasteiger charge is 2.27. The summed E-state index contributed by atoms with van der Waals surface area (Å²) < 4.78 is 10.5. The molecule has 6 nitrogen and oxygen atoms in total. The summed E-state index contributed by atoms with van der Waals surface area (Å²) in [4.78, 5) is 24.6. The van der Waals surface area contributed by atoms with Crippen LogP contribution in [0.25, 0.3) is 0 Å². The second kappa shape index (κ2) is 10.0. The molecule has 0 spiro atoms. The van der Waals surface area contributed by atoms with Gasteiger partial charge in [0.1, 0.15) is 17.4 Å². The van der Waals surface area contributed by atoms with Crippen LogP contribution in [0.4, 0.5) is 4.79 Å². The molecule has 2 atom stereocenters. The van der Waals surface area contributed by atoms with E-state index in [4.69, 9.17) is 9.47 Å². The molecule has 0 aliphatic heterocycles. The lowest BCUT2D eigenvalue weighted by Gasteiger charge is -2.26. The summed E-state index contributed by atoms with van der Waals surface area (Å²) in [7, 11) is 1.62. The summed E-state index contributed by atoms with van der Waals surface area (Å²) in [6, 6.07) is 7.10. The van der Waals surface area contributed by atoms with Crippen LogP contribution in [0.15, 0.2) is 24.3 Å². The highest BCUT2D eigenvalue weighted by molar-refractivity contribution is 5.85. The van der Waals surface area contributed by atoms with Gasteiger partial charge in [0, 0.05) is 6.54 Å². The Balaban J connectivity index is 2.61. The van der Waals surface area contributed by atoms with Gasteiger partial charge in [-0.2, -0.15) is 0 Å². The number of methoxy groups -OCH3 is 1. The molecule has 6 heteroatoms. The van der Waals surface area contributed by atoms with E-state index in [9.17, 15) is 9.59 Å². The van der Waals surface area contributed by atoms with Crippen molar-refractivity contribution < 1.29 is 19.1 Å². The van der Waals surface area contributed by atoms with E-state index in [1.54, 1.807) is 27.9 Å². The molecule has 1 aromatic rings. The second-order valence-corrected chi connectivity index (χ2v) is 7.40. The number of amides is 2. The van der Waals surface area contributed by atoms with Crippen molar-refractivity contribution in [3.63, 3.8) is 0 Å². The third-order valence-electron chi connectivity index (χ3n) is 4.01. The van der Waals surface area contributed by atoms with Crippen molar-refractivity contribution >= 4 is 12.0 Å². The van der Waals surface area contributed by atoms with Gasteiger partial charge in [0.05, 0.1) is 7.11 Å². The van der Waals surface area contributed by atoms with E-state index < -0.39 is 17.7 Å². The molecule has 0 bridgehead atoms. The Morgan fingerprint density at radius 1 is 1.23 bits per heavy atom. The Labute approximate surface area is 156 Å². The van der Waals surface area contributed by atoms with Crippen LogP contribution in [-0.2, 0) is 16.0 Å². The predicted molar refractivity (Wildman–Crippen MR) is 102 cm³/mol. The number of carbonyl (C=O) groups is 2. The minimum Gasteiger partial charge on any atom is -0.497 e. The summed E-state index contributed by atoms with van der Waals surface area (Å²) in [5.41, 5.74) is 0.470. The van der Waals surface area contributed by atoms with Crippen molar-refractivity contribution in [3.8, 4) is 5.75 Å². The molecule has 0 heterocycles. The Morgan fingerprint density at radius 3 is 2.50 bits per heavy atom. The normalized spacial score (nSPS) is 13.5. The number of alkyl carbamates (subject to hydrolysis) is 1. The van der Waals surface area contributed by atoms with E-state index in [1.165, 1.54) is 0 Å². The fraction of sp³-hybridized carbons (Fsp3) is 0.600. The Bertz CT molecular complexity index is 596. The minimum atomic E-state index is -0.625. The Kier molecular flexibility index (Phi) is 8.42. The van der Waals surface area contributed by atoms with Gasteiger partial charge in [0.25, 0.3) is 0 Å². The minimum absolute atomic E-state index is 0.000613. The molecule has 26 heavy (non-hydrogen) atoms. The third kappa shape index (κ3) is 7.76. The first-order valence-corrected chi connectivity index (χ1v) is 9.06. The molecule has 2 amide bonds. The van der Waals surface area contributed by atoms with Crippen LogP contribution in [0.1, 0.15) is 46.6 Å². The van der Waals surface area contributed by atoms with Crippen molar-refractivity contribution in [1.29, 1.82) is 0 Å². The molecular weight excluding hydrogens is 332 g/mol. The van der Waals surface area contributed by atoms with Gasteiger partial charge in [0.2, 0.25) is 5.91 Å². The molecule has 0 saturated carbocycles. The third-order valence-corrected chi connectivity index (χ3v) is 4.01. The molecule has 0 fully saturated rings. The number of ether oxygens (including phenoxy) is 2. The average molecular weight is 364 g/mol. The van der Waals surface area contributed by atoms with Gasteiger partial charge < -0.3 is 20.1 Å². The van der Waals surface area contributed by atoms with Crippen LogP contribution < -0.4 is 15.4 Å². The van der Waals surface area contributed by atoms with E-state index in [0.29, 0.717) is 13.0 Å². The van der Waals surface area contributed by atoms with Crippen LogP contribution in [0.2, 0.25) is 0 Å². The molecular formula is C20H32N2O4. The average Bonchev–Trinajstić information content (AvgIpc) is 2.57. The highest BCUT2D eigenvalue weighted by Crippen LogP contribution is 2.13. The maximum absolute atomic E-state index is 12.6. The van der Waals surface area contributed by atoms with E-state index in [2.05, 4.69) is 10.6 Å². The fourth-order valence-corrected chi connectivity index (χ4v) is 2.40. The first-order valence-electron chi connectivity index (χ1n) is 9.06. The zero-order chi connectivity index (χ0) is 19.7. The van der Waals surface area contributed by atoms with E-state index in [0.717, 1.165) is 17.7 Å². The molecule has 0 aromatic heterocycles. The quantitative estimate of drug-likeness (QED) is 0.742. The summed E-state index contributed by atoms with van der Waals surface area (Å²) in [6.07, 6.45) is 0.873. The monoisotopic (exact) mass is 364 g/mol. The highest BCUT2D eigenvalue weighted by atomic mass is 16.6.